The standard InChI is InChI=1S/C10H21NO3/c1-5-9(7-13-4)11-6-10(12)14-8(2)3/h8-9,11H,5-7H2,1-4H3. The second-order valence-corrected chi connectivity index (χ2v) is 3.48. The van der Waals surface area contributed by atoms with E-state index in [1.807, 2.05) is 20.8 Å². The summed E-state index contributed by atoms with van der Waals surface area (Å²) in [5.41, 5.74) is 0. The van der Waals surface area contributed by atoms with Crippen molar-refractivity contribution in [3.63, 3.8) is 0 Å². The molecule has 0 aromatic carbocycles. The van der Waals surface area contributed by atoms with Crippen molar-refractivity contribution in [1.29, 1.82) is 0 Å². The van der Waals surface area contributed by atoms with Gasteiger partial charge in [-0.2, -0.15) is 0 Å². The van der Waals surface area contributed by atoms with Crippen molar-refractivity contribution in [3.8, 4) is 0 Å². The number of ether oxygens (including phenoxy) is 2. The minimum atomic E-state index is -0.213. The molecule has 0 fully saturated rings. The molecule has 0 heterocycles. The van der Waals surface area contributed by atoms with Gasteiger partial charge in [0.2, 0.25) is 0 Å². The molecule has 14 heavy (non-hydrogen) atoms. The van der Waals surface area contributed by atoms with Crippen LogP contribution in [0.15, 0.2) is 0 Å². The van der Waals surface area contributed by atoms with Crippen molar-refractivity contribution in [2.24, 2.45) is 0 Å². The lowest BCUT2D eigenvalue weighted by molar-refractivity contribution is -0.146. The first-order valence-electron chi connectivity index (χ1n) is 5.01. The van der Waals surface area contributed by atoms with Crippen LogP contribution in [0.5, 0.6) is 0 Å². The van der Waals surface area contributed by atoms with Gasteiger partial charge in [-0.1, -0.05) is 6.92 Å². The first-order chi connectivity index (χ1) is 6.60. The molecule has 1 atom stereocenters. The summed E-state index contributed by atoms with van der Waals surface area (Å²) in [5, 5.41) is 3.08. The van der Waals surface area contributed by atoms with E-state index in [-0.39, 0.29) is 24.7 Å². The Morgan fingerprint density at radius 1 is 1.43 bits per heavy atom. The number of rotatable bonds is 7. The van der Waals surface area contributed by atoms with Gasteiger partial charge in [-0.05, 0) is 20.3 Å². The van der Waals surface area contributed by atoms with Gasteiger partial charge in [0.05, 0.1) is 19.3 Å². The lowest BCUT2D eigenvalue weighted by Gasteiger charge is -2.15. The molecule has 1 unspecified atom stereocenters. The fourth-order valence-electron chi connectivity index (χ4n) is 1.05. The Morgan fingerprint density at radius 3 is 2.50 bits per heavy atom. The summed E-state index contributed by atoms with van der Waals surface area (Å²) in [6.45, 7) is 6.59. The van der Waals surface area contributed by atoms with E-state index in [0.29, 0.717) is 6.61 Å². The number of carbonyl (C=O) groups excluding carboxylic acids is 1. The Hall–Kier alpha value is -0.610. The second kappa shape index (κ2) is 7.76. The van der Waals surface area contributed by atoms with Gasteiger partial charge in [-0.3, -0.25) is 4.79 Å². The van der Waals surface area contributed by atoms with E-state index in [1.54, 1.807) is 7.11 Å². The summed E-state index contributed by atoms with van der Waals surface area (Å²) < 4.78 is 9.97. The molecule has 0 amide bonds. The summed E-state index contributed by atoms with van der Waals surface area (Å²) in [7, 11) is 1.65. The van der Waals surface area contributed by atoms with E-state index < -0.39 is 0 Å². The molecule has 0 aromatic heterocycles. The largest absolute Gasteiger partial charge is 0.462 e. The molecule has 0 bridgehead atoms. The lowest BCUT2D eigenvalue weighted by Crippen LogP contribution is -2.37. The number of esters is 1. The zero-order valence-electron chi connectivity index (χ0n) is 9.50. The second-order valence-electron chi connectivity index (χ2n) is 3.48. The van der Waals surface area contributed by atoms with Crippen LogP contribution < -0.4 is 5.32 Å². The smallest absolute Gasteiger partial charge is 0.320 e. The van der Waals surface area contributed by atoms with Crippen LogP contribution in [0.1, 0.15) is 27.2 Å². The first kappa shape index (κ1) is 13.4. The molecule has 0 saturated heterocycles. The molecule has 0 aromatic rings. The Labute approximate surface area is 86.0 Å². The molecule has 0 spiro atoms. The normalized spacial score (nSPS) is 12.9. The van der Waals surface area contributed by atoms with E-state index in [1.165, 1.54) is 0 Å². The molecule has 0 rings (SSSR count). The maximum absolute atomic E-state index is 11.2. The van der Waals surface area contributed by atoms with Crippen molar-refractivity contribution in [2.75, 3.05) is 20.3 Å². The Morgan fingerprint density at radius 2 is 2.07 bits per heavy atom. The maximum Gasteiger partial charge on any atom is 0.320 e. The zero-order valence-corrected chi connectivity index (χ0v) is 9.50. The first-order valence-corrected chi connectivity index (χ1v) is 5.01. The predicted octanol–water partition coefficient (Wildman–Crippen LogP) is 0.953. The highest BCUT2D eigenvalue weighted by Gasteiger charge is 2.09. The summed E-state index contributed by atoms with van der Waals surface area (Å²) >= 11 is 0. The van der Waals surface area contributed by atoms with Crippen LogP contribution in [0.2, 0.25) is 0 Å². The quantitative estimate of drug-likeness (QED) is 0.626. The molecule has 4 heteroatoms. The van der Waals surface area contributed by atoms with Crippen molar-refractivity contribution in [3.05, 3.63) is 0 Å². The van der Waals surface area contributed by atoms with Crippen LogP contribution in [0, 0.1) is 0 Å². The van der Waals surface area contributed by atoms with Crippen LogP contribution in [-0.2, 0) is 14.3 Å². The van der Waals surface area contributed by atoms with E-state index in [4.69, 9.17) is 9.47 Å². The van der Waals surface area contributed by atoms with Gasteiger partial charge in [0.1, 0.15) is 0 Å². The van der Waals surface area contributed by atoms with Crippen LogP contribution in [0.3, 0.4) is 0 Å². The topological polar surface area (TPSA) is 47.6 Å². The molecule has 0 saturated carbocycles. The van der Waals surface area contributed by atoms with Gasteiger partial charge < -0.3 is 14.8 Å². The SMILES string of the molecule is CCC(COC)NCC(=O)OC(C)C. The average Bonchev–Trinajstić information content (AvgIpc) is 2.11. The fourth-order valence-corrected chi connectivity index (χ4v) is 1.05. The van der Waals surface area contributed by atoms with Crippen LogP contribution in [0.4, 0.5) is 0 Å². The minimum absolute atomic E-state index is 0.0493. The molecular formula is C10H21NO3. The summed E-state index contributed by atoms with van der Waals surface area (Å²) in [4.78, 5) is 11.2. The highest BCUT2D eigenvalue weighted by Crippen LogP contribution is 1.92. The van der Waals surface area contributed by atoms with E-state index in [9.17, 15) is 4.79 Å². The van der Waals surface area contributed by atoms with Gasteiger partial charge in [-0.15, -0.1) is 0 Å². The number of nitrogens with one attached hydrogen (secondary N) is 1. The Balaban J connectivity index is 3.62. The monoisotopic (exact) mass is 203 g/mol. The Bertz CT molecular complexity index is 159. The summed E-state index contributed by atoms with van der Waals surface area (Å²) in [6.07, 6.45) is 0.884. The molecule has 4 nitrogen and oxygen atoms in total. The van der Waals surface area contributed by atoms with Crippen molar-refractivity contribution in [2.45, 2.75) is 39.3 Å². The summed E-state index contributed by atoms with van der Waals surface area (Å²) in [5.74, 6) is -0.213. The van der Waals surface area contributed by atoms with Crippen molar-refractivity contribution < 1.29 is 14.3 Å². The minimum Gasteiger partial charge on any atom is -0.462 e. The highest BCUT2D eigenvalue weighted by molar-refractivity contribution is 5.71. The third kappa shape index (κ3) is 6.86. The van der Waals surface area contributed by atoms with Crippen molar-refractivity contribution >= 4 is 5.97 Å². The third-order valence-electron chi connectivity index (χ3n) is 1.76. The molecular weight excluding hydrogens is 182 g/mol. The highest BCUT2D eigenvalue weighted by atomic mass is 16.5. The van der Waals surface area contributed by atoms with Gasteiger partial charge in [0, 0.05) is 13.2 Å². The third-order valence-corrected chi connectivity index (χ3v) is 1.76. The van der Waals surface area contributed by atoms with Gasteiger partial charge in [0.25, 0.3) is 0 Å². The number of carbonyl (C=O) groups is 1. The van der Waals surface area contributed by atoms with Crippen molar-refractivity contribution in [1.82, 2.24) is 5.32 Å². The Kier molecular flexibility index (Phi) is 7.42. The molecule has 0 aliphatic heterocycles. The van der Waals surface area contributed by atoms with E-state index >= 15 is 0 Å². The fraction of sp³-hybridized carbons (Fsp3) is 0.900. The molecule has 0 aliphatic carbocycles. The van der Waals surface area contributed by atoms with E-state index in [2.05, 4.69) is 5.32 Å². The van der Waals surface area contributed by atoms with Gasteiger partial charge >= 0.3 is 5.97 Å². The average molecular weight is 203 g/mol. The van der Waals surface area contributed by atoms with Crippen LogP contribution >= 0.6 is 0 Å². The number of hydrogen-bond acceptors (Lipinski definition) is 4. The van der Waals surface area contributed by atoms with Gasteiger partial charge in [-0.25, -0.2) is 0 Å². The number of methoxy groups -OCH3 is 1. The zero-order chi connectivity index (χ0) is 11.0. The number of hydrogen-bond donors (Lipinski definition) is 1. The van der Waals surface area contributed by atoms with Crippen LogP contribution in [0.25, 0.3) is 0 Å². The molecule has 1 N–H and O–H groups in total. The van der Waals surface area contributed by atoms with Gasteiger partial charge in [0.15, 0.2) is 0 Å². The molecule has 84 valence electrons. The van der Waals surface area contributed by atoms with E-state index in [0.717, 1.165) is 6.42 Å². The molecule has 0 aliphatic rings. The van der Waals surface area contributed by atoms with Crippen LogP contribution in [-0.4, -0.2) is 38.4 Å². The lowest BCUT2D eigenvalue weighted by atomic mass is 10.2. The summed E-state index contributed by atoms with van der Waals surface area (Å²) in [6, 6.07) is 0.222. The predicted molar refractivity (Wildman–Crippen MR) is 55.2 cm³/mol. The molecule has 0 radical (unpaired) electrons. The maximum atomic E-state index is 11.2.